The van der Waals surface area contributed by atoms with Gasteiger partial charge in [-0.25, -0.2) is 4.79 Å². The Bertz CT molecular complexity index is 1560. The molecular weight excluding hydrogens is 631 g/mol. The van der Waals surface area contributed by atoms with Crippen LogP contribution in [0.2, 0.25) is 0 Å². The lowest BCUT2D eigenvalue weighted by Gasteiger charge is -2.42. The molecule has 6 rings (SSSR count). The lowest BCUT2D eigenvalue weighted by molar-refractivity contribution is -0.132. The molecule has 9 nitrogen and oxygen atoms in total. The molecule has 2 amide bonds. The summed E-state index contributed by atoms with van der Waals surface area (Å²) in [5.74, 6) is -0.818. The molecule has 1 aromatic heterocycles. The highest BCUT2D eigenvalue weighted by Crippen LogP contribution is 2.50. The number of fused-ring (bicyclic) bond motifs is 1. The largest absolute Gasteiger partial charge is 0.422 e. The van der Waals surface area contributed by atoms with Gasteiger partial charge in [-0.1, -0.05) is 48.5 Å². The number of piperazine rings is 1. The van der Waals surface area contributed by atoms with Crippen molar-refractivity contribution in [2.75, 3.05) is 50.6 Å². The lowest BCUT2D eigenvalue weighted by Crippen LogP contribution is -2.54. The maximum atomic E-state index is 14.5. The van der Waals surface area contributed by atoms with Gasteiger partial charge in [0.05, 0.1) is 5.69 Å². The van der Waals surface area contributed by atoms with Crippen molar-refractivity contribution in [3.63, 3.8) is 0 Å². The molecule has 4 heterocycles. The molecule has 232 valence electrons. The van der Waals surface area contributed by atoms with E-state index in [1.165, 1.54) is 6.07 Å². The van der Waals surface area contributed by atoms with Crippen molar-refractivity contribution < 1.29 is 22.7 Å². The van der Waals surface area contributed by atoms with Gasteiger partial charge in [0.25, 0.3) is 15.9 Å². The second kappa shape index (κ2) is 13.1. The van der Waals surface area contributed by atoms with Crippen LogP contribution in [0.1, 0.15) is 29.5 Å². The van der Waals surface area contributed by atoms with Crippen molar-refractivity contribution in [1.82, 2.24) is 14.7 Å². The fourth-order valence-electron chi connectivity index (χ4n) is 6.23. The first-order chi connectivity index (χ1) is 19.7. The Hall–Kier alpha value is -2.67. The topological polar surface area (TPSA) is 90.5 Å². The predicted octanol–water partition coefficient (Wildman–Crippen LogP) is 4.73. The summed E-state index contributed by atoms with van der Waals surface area (Å²) in [7, 11) is -2.11. The van der Waals surface area contributed by atoms with Crippen molar-refractivity contribution in [3.05, 3.63) is 82.7 Å². The van der Waals surface area contributed by atoms with Crippen molar-refractivity contribution >= 4 is 63.9 Å². The number of aryl methyl sites for hydroxylation is 1. The minimum absolute atomic E-state index is 0. The monoisotopic (exact) mass is 666 g/mol. The number of nitrogens with zero attached hydrogens (tertiary/aromatic N) is 4. The van der Waals surface area contributed by atoms with E-state index in [4.69, 9.17) is 4.74 Å². The molecule has 13 heteroatoms. The molecule has 3 aliphatic heterocycles. The number of thiophene rings is 1. The number of hydrogen-bond donors (Lipinski definition) is 0. The highest BCUT2D eigenvalue weighted by Gasteiger charge is 2.60. The number of ether oxygens (including phenoxy) is 1. The Morgan fingerprint density at radius 2 is 1.51 bits per heavy atom. The number of sulfonamides is 1. The number of amides is 2. The van der Waals surface area contributed by atoms with E-state index < -0.39 is 27.6 Å². The Kier molecular flexibility index (Phi) is 10.1. The third kappa shape index (κ3) is 5.79. The summed E-state index contributed by atoms with van der Waals surface area (Å²) >= 11 is 1.04. The summed E-state index contributed by atoms with van der Waals surface area (Å²) in [4.78, 5) is 34.9. The predicted molar refractivity (Wildman–Crippen MR) is 172 cm³/mol. The Morgan fingerprint density at radius 1 is 0.884 bits per heavy atom. The number of benzene rings is 2. The average Bonchev–Trinajstić information content (AvgIpc) is 3.61. The van der Waals surface area contributed by atoms with Crippen LogP contribution in [0.5, 0.6) is 0 Å². The molecule has 0 radical (unpaired) electrons. The third-order valence-corrected chi connectivity index (χ3v) is 11.6. The molecule has 3 aromatic rings. The number of likely N-dealkylation sites (N-methyl/N-ethyl adjacent to an activating group) is 1. The van der Waals surface area contributed by atoms with Gasteiger partial charge in [-0.15, -0.1) is 36.2 Å². The summed E-state index contributed by atoms with van der Waals surface area (Å²) in [5.41, 5.74) is -0.261. The Morgan fingerprint density at radius 3 is 2.14 bits per heavy atom. The maximum Gasteiger partial charge on any atom is 0.411 e. The van der Waals surface area contributed by atoms with Gasteiger partial charge >= 0.3 is 6.09 Å². The first-order valence-electron chi connectivity index (χ1n) is 13.9. The SMILES string of the molecule is Cc1ccccc1C1(OC(=O)N2CCC(N3CCN(C)CC3)CC2)C(=O)N(S(=O)(=O)c2cccs2)c2ccccc21.Cl.Cl. The summed E-state index contributed by atoms with van der Waals surface area (Å²) in [6.07, 6.45) is 1.02. The first-order valence-corrected chi connectivity index (χ1v) is 16.2. The quantitative estimate of drug-likeness (QED) is 0.389. The van der Waals surface area contributed by atoms with Gasteiger partial charge in [0.2, 0.25) is 5.60 Å². The number of halogens is 2. The molecular formula is C30H36Cl2N4O5S2. The molecule has 2 aromatic carbocycles. The van der Waals surface area contributed by atoms with Crippen LogP contribution < -0.4 is 4.31 Å². The number of piperidine rings is 1. The molecule has 0 N–H and O–H groups in total. The molecule has 2 saturated heterocycles. The number of hydrogen-bond acceptors (Lipinski definition) is 8. The summed E-state index contributed by atoms with van der Waals surface area (Å²) in [6.45, 7) is 6.95. The molecule has 1 unspecified atom stereocenters. The van der Waals surface area contributed by atoms with Crippen LogP contribution in [-0.4, -0.2) is 87.5 Å². The van der Waals surface area contributed by atoms with Gasteiger partial charge in [-0.3, -0.25) is 9.69 Å². The van der Waals surface area contributed by atoms with Crippen LogP contribution in [-0.2, 0) is 25.2 Å². The van der Waals surface area contributed by atoms with Gasteiger partial charge in [-0.2, -0.15) is 12.7 Å². The number of likely N-dealkylation sites (tertiary alicyclic amines) is 1. The summed E-state index contributed by atoms with van der Waals surface area (Å²) in [6, 6.07) is 17.4. The zero-order chi connectivity index (χ0) is 28.8. The maximum absolute atomic E-state index is 14.5. The van der Waals surface area contributed by atoms with Crippen LogP contribution >= 0.6 is 36.2 Å². The van der Waals surface area contributed by atoms with E-state index in [-0.39, 0.29) is 34.7 Å². The summed E-state index contributed by atoms with van der Waals surface area (Å²) < 4.78 is 34.8. The van der Waals surface area contributed by atoms with Crippen molar-refractivity contribution in [1.29, 1.82) is 0 Å². The number of para-hydroxylation sites is 1. The second-order valence-corrected chi connectivity index (χ2v) is 13.9. The minimum Gasteiger partial charge on any atom is -0.422 e. The molecule has 3 aliphatic rings. The highest BCUT2D eigenvalue weighted by molar-refractivity contribution is 7.95. The van der Waals surface area contributed by atoms with E-state index in [0.29, 0.717) is 35.8 Å². The average molecular weight is 668 g/mol. The number of anilines is 1. The van der Waals surface area contributed by atoms with Gasteiger partial charge in [0, 0.05) is 56.4 Å². The Balaban J connectivity index is 0.00000212. The number of carbonyl (C=O) groups is 2. The molecule has 0 spiro atoms. The molecule has 1 atom stereocenters. The van der Waals surface area contributed by atoms with Crippen LogP contribution in [0, 0.1) is 6.92 Å². The van der Waals surface area contributed by atoms with Crippen LogP contribution in [0.15, 0.2) is 70.3 Å². The lowest BCUT2D eigenvalue weighted by atomic mass is 9.84. The number of rotatable bonds is 5. The van der Waals surface area contributed by atoms with Gasteiger partial charge < -0.3 is 14.5 Å². The molecule has 0 bridgehead atoms. The molecule has 2 fully saturated rings. The van der Waals surface area contributed by atoms with Gasteiger partial charge in [-0.05, 0) is 49.9 Å². The van der Waals surface area contributed by atoms with E-state index in [1.807, 2.05) is 19.1 Å². The van der Waals surface area contributed by atoms with Crippen LogP contribution in [0.3, 0.4) is 0 Å². The highest BCUT2D eigenvalue weighted by atomic mass is 35.5. The van der Waals surface area contributed by atoms with Crippen LogP contribution in [0.4, 0.5) is 10.5 Å². The Labute approximate surface area is 269 Å². The van der Waals surface area contributed by atoms with E-state index in [1.54, 1.807) is 52.7 Å². The molecule has 0 aliphatic carbocycles. The normalized spacial score (nSPS) is 21.6. The molecule has 43 heavy (non-hydrogen) atoms. The van der Waals surface area contributed by atoms with Gasteiger partial charge in [0.1, 0.15) is 4.21 Å². The molecule has 0 saturated carbocycles. The van der Waals surface area contributed by atoms with E-state index in [2.05, 4.69) is 16.8 Å². The standard InChI is InChI=1S/C30H34N4O5S2.2ClH/c1-22-8-3-4-9-24(22)30(39-29(36)33-15-13-23(14-16-33)32-19-17-31(2)18-20-32)25-10-5-6-11-26(25)34(28(30)35)41(37,38)27-12-7-21-40-27;;/h3-12,21,23H,13-20H2,1-2H3;2*1H. The van der Waals surface area contributed by atoms with Crippen molar-refractivity contribution in [2.45, 2.75) is 35.6 Å². The van der Waals surface area contributed by atoms with Crippen LogP contribution in [0.25, 0.3) is 0 Å². The fourth-order valence-corrected chi connectivity index (χ4v) is 8.75. The van der Waals surface area contributed by atoms with E-state index in [9.17, 15) is 18.0 Å². The smallest absolute Gasteiger partial charge is 0.411 e. The number of carbonyl (C=O) groups excluding carboxylic acids is 2. The zero-order valence-electron chi connectivity index (χ0n) is 24.0. The zero-order valence-corrected chi connectivity index (χ0v) is 27.3. The van der Waals surface area contributed by atoms with Crippen molar-refractivity contribution in [2.24, 2.45) is 0 Å². The van der Waals surface area contributed by atoms with Crippen molar-refractivity contribution in [3.8, 4) is 0 Å². The second-order valence-electron chi connectivity index (χ2n) is 10.9. The fraction of sp³-hybridized carbons (Fsp3) is 0.400. The first kappa shape index (κ1) is 33.2. The summed E-state index contributed by atoms with van der Waals surface area (Å²) in [5, 5.41) is 1.65. The van der Waals surface area contributed by atoms with Gasteiger partial charge in [0.15, 0.2) is 0 Å². The third-order valence-electron chi connectivity index (χ3n) is 8.52. The van der Waals surface area contributed by atoms with E-state index in [0.717, 1.165) is 54.7 Å². The minimum atomic E-state index is -4.25. The van der Waals surface area contributed by atoms with E-state index >= 15 is 0 Å².